The van der Waals surface area contributed by atoms with Crippen LogP contribution in [0.15, 0.2) is 36.4 Å². The van der Waals surface area contributed by atoms with Gasteiger partial charge in [-0.15, -0.1) is 0 Å². The normalized spacial score (nSPS) is 17.4. The van der Waals surface area contributed by atoms with Crippen LogP contribution in [0.25, 0.3) is 0 Å². The summed E-state index contributed by atoms with van der Waals surface area (Å²) in [5, 5.41) is 3.43. The van der Waals surface area contributed by atoms with Crippen molar-refractivity contribution < 1.29 is 8.78 Å². The number of nitrogens with one attached hydrogen (secondary N) is 1. The molecule has 2 aromatic rings. The lowest BCUT2D eigenvalue weighted by Gasteiger charge is -2.24. The van der Waals surface area contributed by atoms with Crippen molar-refractivity contribution in [1.29, 1.82) is 0 Å². The van der Waals surface area contributed by atoms with Gasteiger partial charge in [0.15, 0.2) is 0 Å². The van der Waals surface area contributed by atoms with Gasteiger partial charge < -0.3 is 5.32 Å². The molecule has 0 saturated carbocycles. The summed E-state index contributed by atoms with van der Waals surface area (Å²) < 4.78 is 27.3. The molecule has 0 fully saturated rings. The first-order valence-corrected chi connectivity index (χ1v) is 6.94. The van der Waals surface area contributed by atoms with Gasteiger partial charge >= 0.3 is 0 Å². The monoisotopic (exact) mass is 273 g/mol. The van der Waals surface area contributed by atoms with E-state index in [-0.39, 0.29) is 5.56 Å². The SMILES string of the molecule is CC1CCc2cc(Cc3c(F)cccc3F)ccc2N1. The molecule has 1 nitrogen and oxygen atoms in total. The van der Waals surface area contributed by atoms with Crippen molar-refractivity contribution in [2.24, 2.45) is 0 Å². The zero-order valence-corrected chi connectivity index (χ0v) is 11.4. The van der Waals surface area contributed by atoms with Gasteiger partial charge in [0.2, 0.25) is 0 Å². The van der Waals surface area contributed by atoms with Crippen LogP contribution in [-0.4, -0.2) is 6.04 Å². The molecule has 1 heterocycles. The van der Waals surface area contributed by atoms with Gasteiger partial charge in [0.1, 0.15) is 11.6 Å². The van der Waals surface area contributed by atoms with Crippen molar-refractivity contribution in [3.05, 3.63) is 64.7 Å². The number of hydrogen-bond donors (Lipinski definition) is 1. The lowest BCUT2D eigenvalue weighted by Crippen LogP contribution is -2.21. The van der Waals surface area contributed by atoms with E-state index in [1.165, 1.54) is 23.8 Å². The van der Waals surface area contributed by atoms with Crippen LogP contribution in [0.5, 0.6) is 0 Å². The van der Waals surface area contributed by atoms with Crippen LogP contribution < -0.4 is 5.32 Å². The maximum Gasteiger partial charge on any atom is 0.129 e. The molecule has 1 atom stereocenters. The van der Waals surface area contributed by atoms with E-state index in [1.54, 1.807) is 0 Å². The number of benzene rings is 2. The fourth-order valence-electron chi connectivity index (χ4n) is 2.72. The van der Waals surface area contributed by atoms with Crippen molar-refractivity contribution in [2.45, 2.75) is 32.2 Å². The van der Waals surface area contributed by atoms with Gasteiger partial charge in [0.25, 0.3) is 0 Å². The van der Waals surface area contributed by atoms with Crippen molar-refractivity contribution in [3.63, 3.8) is 0 Å². The van der Waals surface area contributed by atoms with E-state index in [2.05, 4.69) is 18.3 Å². The quantitative estimate of drug-likeness (QED) is 0.860. The molecule has 0 spiro atoms. The zero-order valence-electron chi connectivity index (χ0n) is 11.4. The highest BCUT2D eigenvalue weighted by Gasteiger charge is 2.15. The van der Waals surface area contributed by atoms with E-state index in [9.17, 15) is 8.78 Å². The molecule has 1 N–H and O–H groups in total. The molecule has 1 aliphatic heterocycles. The second kappa shape index (κ2) is 5.23. The Hall–Kier alpha value is -1.90. The summed E-state index contributed by atoms with van der Waals surface area (Å²) in [6.45, 7) is 2.16. The summed E-state index contributed by atoms with van der Waals surface area (Å²) in [6.07, 6.45) is 2.39. The third kappa shape index (κ3) is 2.53. The fraction of sp³-hybridized carbons (Fsp3) is 0.294. The average molecular weight is 273 g/mol. The summed E-state index contributed by atoms with van der Waals surface area (Å²) in [5.74, 6) is -0.955. The summed E-state index contributed by atoms with van der Waals surface area (Å²) in [6, 6.07) is 10.5. The number of rotatable bonds is 2. The topological polar surface area (TPSA) is 12.0 Å². The van der Waals surface area contributed by atoms with Crippen LogP contribution in [0.4, 0.5) is 14.5 Å². The highest BCUT2D eigenvalue weighted by molar-refractivity contribution is 5.55. The van der Waals surface area contributed by atoms with Crippen LogP contribution in [-0.2, 0) is 12.8 Å². The minimum absolute atomic E-state index is 0.143. The Morgan fingerprint density at radius 2 is 1.90 bits per heavy atom. The van der Waals surface area contributed by atoms with E-state index in [1.807, 2.05) is 12.1 Å². The molecular weight excluding hydrogens is 256 g/mol. The molecular formula is C17H17F2N. The highest BCUT2D eigenvalue weighted by atomic mass is 19.1. The average Bonchev–Trinajstić information content (AvgIpc) is 2.43. The number of halogens is 2. The van der Waals surface area contributed by atoms with E-state index < -0.39 is 11.6 Å². The molecule has 3 rings (SSSR count). The molecule has 0 bridgehead atoms. The molecule has 3 heteroatoms. The third-order valence-corrected chi connectivity index (χ3v) is 3.86. The Morgan fingerprint density at radius 3 is 2.65 bits per heavy atom. The predicted molar refractivity (Wildman–Crippen MR) is 77.0 cm³/mol. The first-order valence-electron chi connectivity index (χ1n) is 6.94. The van der Waals surface area contributed by atoms with Crippen LogP contribution >= 0.6 is 0 Å². The smallest absolute Gasteiger partial charge is 0.129 e. The molecule has 0 radical (unpaired) electrons. The Morgan fingerprint density at radius 1 is 1.15 bits per heavy atom. The van der Waals surface area contributed by atoms with Crippen molar-refractivity contribution in [1.82, 2.24) is 0 Å². The molecule has 0 aromatic heterocycles. The van der Waals surface area contributed by atoms with Gasteiger partial charge in [-0.2, -0.15) is 0 Å². The van der Waals surface area contributed by atoms with Gasteiger partial charge in [-0.05, 0) is 49.1 Å². The minimum Gasteiger partial charge on any atom is -0.382 e. The lowest BCUT2D eigenvalue weighted by atomic mass is 9.95. The van der Waals surface area contributed by atoms with Gasteiger partial charge in [-0.1, -0.05) is 18.2 Å². The molecule has 0 amide bonds. The molecule has 1 aliphatic rings. The van der Waals surface area contributed by atoms with E-state index in [0.717, 1.165) is 24.1 Å². The summed E-state index contributed by atoms with van der Waals surface area (Å²) >= 11 is 0. The minimum atomic E-state index is -0.477. The van der Waals surface area contributed by atoms with Crippen molar-refractivity contribution in [3.8, 4) is 0 Å². The molecule has 104 valence electrons. The van der Waals surface area contributed by atoms with Crippen LogP contribution in [0, 0.1) is 11.6 Å². The van der Waals surface area contributed by atoms with Gasteiger partial charge in [-0.25, -0.2) is 8.78 Å². The maximum atomic E-state index is 13.7. The van der Waals surface area contributed by atoms with Gasteiger partial charge in [0.05, 0.1) is 0 Å². The largest absolute Gasteiger partial charge is 0.382 e. The van der Waals surface area contributed by atoms with Crippen LogP contribution in [0.3, 0.4) is 0 Å². The number of anilines is 1. The summed E-state index contributed by atoms with van der Waals surface area (Å²) in [4.78, 5) is 0. The fourth-order valence-corrected chi connectivity index (χ4v) is 2.72. The molecule has 1 unspecified atom stereocenters. The number of aryl methyl sites for hydroxylation is 1. The second-order valence-electron chi connectivity index (χ2n) is 5.45. The first kappa shape index (κ1) is 13.1. The Kier molecular flexibility index (Phi) is 3.43. The van der Waals surface area contributed by atoms with Crippen molar-refractivity contribution >= 4 is 5.69 Å². The Balaban J connectivity index is 1.89. The molecule has 0 aliphatic carbocycles. The van der Waals surface area contributed by atoms with E-state index >= 15 is 0 Å². The molecule has 20 heavy (non-hydrogen) atoms. The highest BCUT2D eigenvalue weighted by Crippen LogP contribution is 2.27. The Bertz CT molecular complexity index is 617. The zero-order chi connectivity index (χ0) is 14.1. The molecule has 2 aromatic carbocycles. The number of hydrogen-bond acceptors (Lipinski definition) is 1. The van der Waals surface area contributed by atoms with E-state index in [0.29, 0.717) is 12.5 Å². The standard InChI is InChI=1S/C17H17F2N/c1-11-5-7-13-9-12(6-8-17(13)20-11)10-14-15(18)3-2-4-16(14)19/h2-4,6,8-9,11,20H,5,7,10H2,1H3. The summed E-state index contributed by atoms with van der Waals surface area (Å²) in [5.41, 5.74) is 3.47. The first-order chi connectivity index (χ1) is 9.63. The Labute approximate surface area is 117 Å². The second-order valence-corrected chi connectivity index (χ2v) is 5.45. The third-order valence-electron chi connectivity index (χ3n) is 3.86. The van der Waals surface area contributed by atoms with Gasteiger partial charge in [-0.3, -0.25) is 0 Å². The number of fused-ring (bicyclic) bond motifs is 1. The van der Waals surface area contributed by atoms with Crippen LogP contribution in [0.2, 0.25) is 0 Å². The molecule has 0 saturated heterocycles. The lowest BCUT2D eigenvalue weighted by molar-refractivity contribution is 0.561. The predicted octanol–water partition coefficient (Wildman–Crippen LogP) is 4.30. The summed E-state index contributed by atoms with van der Waals surface area (Å²) in [7, 11) is 0. The van der Waals surface area contributed by atoms with E-state index in [4.69, 9.17) is 0 Å². The van der Waals surface area contributed by atoms with Crippen LogP contribution in [0.1, 0.15) is 30.0 Å². The maximum absolute atomic E-state index is 13.7. The van der Waals surface area contributed by atoms with Gasteiger partial charge in [0, 0.05) is 23.7 Å². The van der Waals surface area contributed by atoms with Crippen molar-refractivity contribution in [2.75, 3.05) is 5.32 Å².